The van der Waals surface area contributed by atoms with E-state index in [0.29, 0.717) is 6.42 Å². The number of imidazole rings is 1. The molecule has 0 spiro atoms. The highest BCUT2D eigenvalue weighted by atomic mass is 32.2. The van der Waals surface area contributed by atoms with Gasteiger partial charge in [0, 0.05) is 32.4 Å². The number of benzene rings is 1. The molecule has 0 aliphatic heterocycles. The lowest BCUT2D eigenvalue weighted by Crippen LogP contribution is -2.30. The van der Waals surface area contributed by atoms with E-state index in [1.54, 1.807) is 18.0 Å². The first-order valence-corrected chi connectivity index (χ1v) is 10.3. The van der Waals surface area contributed by atoms with Gasteiger partial charge >= 0.3 is 0 Å². The molecule has 7 heteroatoms. The molecule has 2 aromatic heterocycles. The summed E-state index contributed by atoms with van der Waals surface area (Å²) in [5.74, 6) is 1.96. The number of carbonyl (C=O) groups excluding carboxylic acids is 1. The zero-order valence-corrected chi connectivity index (χ0v) is 16.1. The van der Waals surface area contributed by atoms with Gasteiger partial charge in [0.15, 0.2) is 0 Å². The summed E-state index contributed by atoms with van der Waals surface area (Å²) < 4.78 is 3.94. The number of aryl methyl sites for hydroxylation is 2. The molecule has 0 aliphatic rings. The number of nitrogens with zero attached hydrogens (tertiary/aromatic N) is 4. The molecule has 3 aromatic rings. The molecule has 0 bridgehead atoms. The second kappa shape index (κ2) is 8.89. The number of para-hydroxylation sites is 2. The number of hydrogen-bond donors (Lipinski definition) is 1. The molecule has 0 saturated heterocycles. The van der Waals surface area contributed by atoms with Crippen LogP contribution in [0.5, 0.6) is 0 Å². The molecule has 1 amide bonds. The Bertz CT molecular complexity index is 843. The molecule has 138 valence electrons. The molecule has 6 nitrogen and oxygen atoms in total. The number of fused-ring (bicyclic) bond motifs is 1. The smallest absolute Gasteiger partial charge is 0.220 e. The van der Waals surface area contributed by atoms with Crippen LogP contribution >= 0.6 is 11.8 Å². The number of amides is 1. The van der Waals surface area contributed by atoms with Gasteiger partial charge in [-0.05, 0) is 43.0 Å². The van der Waals surface area contributed by atoms with E-state index >= 15 is 0 Å². The molecular formula is C19H25N5OS. The predicted octanol–water partition coefficient (Wildman–Crippen LogP) is 3.16. The molecule has 2 heterocycles. The Morgan fingerprint density at radius 1 is 1.31 bits per heavy atom. The highest BCUT2D eigenvalue weighted by molar-refractivity contribution is 7.98. The number of thioether (sulfide) groups is 1. The maximum Gasteiger partial charge on any atom is 0.220 e. The lowest BCUT2D eigenvalue weighted by molar-refractivity contribution is -0.122. The average Bonchev–Trinajstić information content (AvgIpc) is 3.27. The Labute approximate surface area is 158 Å². The first-order chi connectivity index (χ1) is 12.7. The number of nitrogens with one attached hydrogen (secondary N) is 1. The van der Waals surface area contributed by atoms with Gasteiger partial charge in [-0.1, -0.05) is 12.1 Å². The van der Waals surface area contributed by atoms with Crippen LogP contribution in [0.4, 0.5) is 0 Å². The van der Waals surface area contributed by atoms with Gasteiger partial charge in [0.1, 0.15) is 5.82 Å². The molecule has 1 aromatic carbocycles. The Kier molecular flexibility index (Phi) is 6.33. The van der Waals surface area contributed by atoms with Crippen molar-refractivity contribution in [1.82, 2.24) is 24.6 Å². The van der Waals surface area contributed by atoms with Crippen LogP contribution in [0.15, 0.2) is 42.7 Å². The Morgan fingerprint density at radius 2 is 2.15 bits per heavy atom. The van der Waals surface area contributed by atoms with Gasteiger partial charge in [0.2, 0.25) is 5.91 Å². The SMILES string of the molecule is CSCCC(NC(=O)CCCn1cccn1)c1nc2ccccc2n1C. The summed E-state index contributed by atoms with van der Waals surface area (Å²) in [7, 11) is 2.01. The minimum Gasteiger partial charge on any atom is -0.346 e. The third-order valence-corrected chi connectivity index (χ3v) is 5.07. The second-order valence-corrected chi connectivity index (χ2v) is 7.28. The first kappa shape index (κ1) is 18.5. The molecule has 1 unspecified atom stereocenters. The standard InChI is InChI=1S/C19H25N5OS/c1-23-17-8-4-3-7-15(17)22-19(23)16(10-14-26-2)21-18(25)9-5-12-24-13-6-11-20-24/h3-4,6-8,11,13,16H,5,9-10,12,14H2,1-2H3,(H,21,25). The number of aromatic nitrogens is 4. The molecule has 3 rings (SSSR count). The lowest BCUT2D eigenvalue weighted by Gasteiger charge is -2.18. The van der Waals surface area contributed by atoms with Gasteiger partial charge in [0.05, 0.1) is 17.1 Å². The van der Waals surface area contributed by atoms with E-state index in [0.717, 1.165) is 42.0 Å². The molecule has 1 atom stereocenters. The van der Waals surface area contributed by atoms with Crippen LogP contribution in [-0.2, 0) is 18.4 Å². The largest absolute Gasteiger partial charge is 0.346 e. The van der Waals surface area contributed by atoms with Crippen molar-refractivity contribution in [1.29, 1.82) is 0 Å². The Hall–Kier alpha value is -2.28. The quantitative estimate of drug-likeness (QED) is 0.627. The number of hydrogen-bond acceptors (Lipinski definition) is 4. The van der Waals surface area contributed by atoms with Crippen molar-refractivity contribution in [2.24, 2.45) is 7.05 Å². The average molecular weight is 372 g/mol. The van der Waals surface area contributed by atoms with E-state index in [-0.39, 0.29) is 11.9 Å². The van der Waals surface area contributed by atoms with Crippen molar-refractivity contribution in [3.05, 3.63) is 48.5 Å². The summed E-state index contributed by atoms with van der Waals surface area (Å²) in [6, 6.07) is 9.89. The van der Waals surface area contributed by atoms with Crippen molar-refractivity contribution in [2.75, 3.05) is 12.0 Å². The summed E-state index contributed by atoms with van der Waals surface area (Å²) in [5.41, 5.74) is 2.05. The van der Waals surface area contributed by atoms with Crippen molar-refractivity contribution >= 4 is 28.7 Å². The molecule has 0 aliphatic carbocycles. The summed E-state index contributed by atoms with van der Waals surface area (Å²) in [6.07, 6.45) is 7.87. The first-order valence-electron chi connectivity index (χ1n) is 8.86. The number of carbonyl (C=O) groups is 1. The Morgan fingerprint density at radius 3 is 2.88 bits per heavy atom. The van der Waals surface area contributed by atoms with E-state index in [9.17, 15) is 4.79 Å². The van der Waals surface area contributed by atoms with E-state index in [1.165, 1.54) is 0 Å². The maximum absolute atomic E-state index is 12.5. The molecule has 1 N–H and O–H groups in total. The molecular weight excluding hydrogens is 346 g/mol. The summed E-state index contributed by atoms with van der Waals surface area (Å²) in [4.78, 5) is 17.2. The van der Waals surface area contributed by atoms with Crippen molar-refractivity contribution < 1.29 is 4.79 Å². The highest BCUT2D eigenvalue weighted by Crippen LogP contribution is 2.23. The van der Waals surface area contributed by atoms with Gasteiger partial charge in [0.25, 0.3) is 0 Å². The van der Waals surface area contributed by atoms with E-state index < -0.39 is 0 Å². The van der Waals surface area contributed by atoms with Crippen LogP contribution in [0.2, 0.25) is 0 Å². The van der Waals surface area contributed by atoms with Gasteiger partial charge in [-0.25, -0.2) is 4.98 Å². The Balaban J connectivity index is 1.66. The van der Waals surface area contributed by atoms with E-state index in [4.69, 9.17) is 4.98 Å². The van der Waals surface area contributed by atoms with Crippen LogP contribution in [0.3, 0.4) is 0 Å². The third kappa shape index (κ3) is 4.46. The van der Waals surface area contributed by atoms with E-state index in [2.05, 4.69) is 27.3 Å². The van der Waals surface area contributed by atoms with Crippen molar-refractivity contribution in [3.63, 3.8) is 0 Å². The maximum atomic E-state index is 12.5. The van der Waals surface area contributed by atoms with Gasteiger partial charge in [-0.3, -0.25) is 9.48 Å². The van der Waals surface area contributed by atoms with Crippen LogP contribution < -0.4 is 5.32 Å². The molecule has 0 radical (unpaired) electrons. The lowest BCUT2D eigenvalue weighted by atomic mass is 10.2. The zero-order chi connectivity index (χ0) is 18.4. The van der Waals surface area contributed by atoms with Gasteiger partial charge < -0.3 is 9.88 Å². The molecule has 0 fully saturated rings. The highest BCUT2D eigenvalue weighted by Gasteiger charge is 2.20. The van der Waals surface area contributed by atoms with Crippen LogP contribution in [-0.4, -0.2) is 37.2 Å². The summed E-state index contributed by atoms with van der Waals surface area (Å²) in [5, 5.41) is 7.35. The van der Waals surface area contributed by atoms with Crippen LogP contribution in [0.1, 0.15) is 31.1 Å². The minimum absolute atomic E-state index is 0.0651. The summed E-state index contributed by atoms with van der Waals surface area (Å²) >= 11 is 1.78. The normalized spacial score (nSPS) is 12.4. The topological polar surface area (TPSA) is 64.7 Å². The zero-order valence-electron chi connectivity index (χ0n) is 15.3. The number of rotatable bonds is 9. The molecule has 0 saturated carbocycles. The van der Waals surface area contributed by atoms with Crippen LogP contribution in [0.25, 0.3) is 11.0 Å². The van der Waals surface area contributed by atoms with Gasteiger partial charge in [-0.15, -0.1) is 0 Å². The van der Waals surface area contributed by atoms with E-state index in [1.807, 2.05) is 42.2 Å². The predicted molar refractivity (Wildman–Crippen MR) is 106 cm³/mol. The fourth-order valence-corrected chi connectivity index (χ4v) is 3.55. The van der Waals surface area contributed by atoms with Crippen LogP contribution in [0, 0.1) is 0 Å². The molecule has 26 heavy (non-hydrogen) atoms. The van der Waals surface area contributed by atoms with Gasteiger partial charge in [-0.2, -0.15) is 16.9 Å². The van der Waals surface area contributed by atoms with Crippen molar-refractivity contribution in [3.8, 4) is 0 Å². The minimum atomic E-state index is -0.0722. The fraction of sp³-hybridized carbons (Fsp3) is 0.421. The fourth-order valence-electron chi connectivity index (χ4n) is 3.08. The van der Waals surface area contributed by atoms with Crippen molar-refractivity contribution in [2.45, 2.75) is 31.8 Å². The third-order valence-electron chi connectivity index (χ3n) is 4.43. The summed E-state index contributed by atoms with van der Waals surface area (Å²) in [6.45, 7) is 0.752. The monoisotopic (exact) mass is 371 g/mol. The second-order valence-electron chi connectivity index (χ2n) is 6.29.